The standard InChI is InChI=1S/C22H21FN2O2S/c23-18-6-3-17(4-7-18)15-22(27)9-12-25(13-10-22)11-1-2-16-5-8-19-20(14-16)28-21(26)24-19/h3-8,14,27H,9-13,15H2,(H,24,26). The molecule has 6 heteroatoms. The van der Waals surface area contributed by atoms with Crippen molar-refractivity contribution in [3.05, 3.63) is 69.1 Å². The van der Waals surface area contributed by atoms with Gasteiger partial charge in [-0.15, -0.1) is 0 Å². The third-order valence-corrected chi connectivity index (χ3v) is 6.03. The van der Waals surface area contributed by atoms with Crippen LogP contribution in [0.5, 0.6) is 0 Å². The SMILES string of the molecule is O=c1[nH]c2ccc(C#CCN3CCC(O)(Cc4ccc(F)cc4)CC3)cc2s1. The molecule has 0 saturated carbocycles. The molecule has 0 bridgehead atoms. The number of aromatic amines is 1. The summed E-state index contributed by atoms with van der Waals surface area (Å²) in [4.78, 5) is 16.4. The maximum atomic E-state index is 13.0. The fourth-order valence-corrected chi connectivity index (χ4v) is 4.34. The van der Waals surface area contributed by atoms with E-state index in [1.54, 1.807) is 12.1 Å². The van der Waals surface area contributed by atoms with E-state index in [0.717, 1.165) is 34.4 Å². The number of aromatic nitrogens is 1. The Morgan fingerprint density at radius 3 is 2.68 bits per heavy atom. The van der Waals surface area contributed by atoms with Crippen LogP contribution in [0.2, 0.25) is 0 Å². The molecular weight excluding hydrogens is 375 g/mol. The van der Waals surface area contributed by atoms with Gasteiger partial charge in [-0.05, 0) is 48.7 Å². The Morgan fingerprint density at radius 2 is 1.93 bits per heavy atom. The number of likely N-dealkylation sites (tertiary alicyclic amines) is 1. The average Bonchev–Trinajstić information content (AvgIpc) is 3.05. The van der Waals surface area contributed by atoms with Gasteiger partial charge in [0.15, 0.2) is 0 Å². The quantitative estimate of drug-likeness (QED) is 0.669. The third-order valence-electron chi connectivity index (χ3n) is 5.19. The van der Waals surface area contributed by atoms with Crippen molar-refractivity contribution in [2.24, 2.45) is 0 Å². The second kappa shape index (κ2) is 7.88. The van der Waals surface area contributed by atoms with Crippen LogP contribution in [0, 0.1) is 17.7 Å². The number of nitrogens with zero attached hydrogens (tertiary/aromatic N) is 1. The first kappa shape index (κ1) is 18.9. The summed E-state index contributed by atoms with van der Waals surface area (Å²) in [6.07, 6.45) is 1.90. The van der Waals surface area contributed by atoms with Crippen LogP contribution in [0.15, 0.2) is 47.3 Å². The van der Waals surface area contributed by atoms with Gasteiger partial charge in [0.2, 0.25) is 0 Å². The normalized spacial score (nSPS) is 16.6. The van der Waals surface area contributed by atoms with E-state index in [4.69, 9.17) is 0 Å². The van der Waals surface area contributed by atoms with E-state index in [2.05, 4.69) is 21.7 Å². The average molecular weight is 396 g/mol. The molecule has 0 aliphatic carbocycles. The van der Waals surface area contributed by atoms with Crippen molar-refractivity contribution < 1.29 is 9.50 Å². The maximum Gasteiger partial charge on any atom is 0.305 e. The Bertz CT molecular complexity index is 1080. The van der Waals surface area contributed by atoms with E-state index in [0.29, 0.717) is 25.8 Å². The van der Waals surface area contributed by atoms with Gasteiger partial charge in [-0.1, -0.05) is 35.3 Å². The predicted octanol–water partition coefficient (Wildman–Crippen LogP) is 3.15. The molecule has 4 rings (SSSR count). The number of benzene rings is 2. The highest BCUT2D eigenvalue weighted by atomic mass is 32.1. The largest absolute Gasteiger partial charge is 0.389 e. The third kappa shape index (κ3) is 4.50. The Morgan fingerprint density at radius 1 is 1.18 bits per heavy atom. The molecule has 0 atom stereocenters. The minimum atomic E-state index is -0.738. The second-order valence-corrected chi connectivity index (χ2v) is 8.35. The lowest BCUT2D eigenvalue weighted by atomic mass is 9.85. The van der Waals surface area contributed by atoms with Crippen LogP contribution in [-0.4, -0.2) is 40.2 Å². The lowest BCUT2D eigenvalue weighted by Crippen LogP contribution is -2.45. The van der Waals surface area contributed by atoms with E-state index in [9.17, 15) is 14.3 Å². The zero-order valence-corrected chi connectivity index (χ0v) is 16.2. The lowest BCUT2D eigenvalue weighted by Gasteiger charge is -2.37. The van der Waals surface area contributed by atoms with Crippen LogP contribution in [0.3, 0.4) is 0 Å². The second-order valence-electron chi connectivity index (χ2n) is 7.33. The summed E-state index contributed by atoms with van der Waals surface area (Å²) < 4.78 is 14.0. The molecule has 1 aliphatic heterocycles. The Balaban J connectivity index is 1.32. The number of aliphatic hydroxyl groups is 1. The molecule has 0 unspecified atom stereocenters. The molecule has 1 aliphatic rings. The molecule has 144 valence electrons. The molecule has 2 aromatic carbocycles. The number of rotatable bonds is 3. The molecule has 1 fully saturated rings. The molecule has 2 N–H and O–H groups in total. The molecule has 2 heterocycles. The van der Waals surface area contributed by atoms with Gasteiger partial charge in [0.05, 0.1) is 22.4 Å². The van der Waals surface area contributed by atoms with E-state index in [1.807, 2.05) is 18.2 Å². The van der Waals surface area contributed by atoms with E-state index < -0.39 is 5.60 Å². The van der Waals surface area contributed by atoms with Crippen molar-refractivity contribution in [3.63, 3.8) is 0 Å². The van der Waals surface area contributed by atoms with Crippen LogP contribution < -0.4 is 4.87 Å². The van der Waals surface area contributed by atoms with E-state index in [-0.39, 0.29) is 10.7 Å². The minimum absolute atomic E-state index is 0.0541. The first-order chi connectivity index (χ1) is 13.5. The molecule has 1 saturated heterocycles. The number of hydrogen-bond acceptors (Lipinski definition) is 4. The first-order valence-corrected chi connectivity index (χ1v) is 10.1. The molecule has 4 nitrogen and oxygen atoms in total. The van der Waals surface area contributed by atoms with Crippen molar-refractivity contribution in [2.75, 3.05) is 19.6 Å². The van der Waals surface area contributed by atoms with Gasteiger partial charge in [-0.2, -0.15) is 0 Å². The van der Waals surface area contributed by atoms with Gasteiger partial charge in [0.25, 0.3) is 0 Å². The van der Waals surface area contributed by atoms with Crippen molar-refractivity contribution >= 4 is 21.6 Å². The fraction of sp³-hybridized carbons (Fsp3) is 0.318. The van der Waals surface area contributed by atoms with Crippen molar-refractivity contribution in [2.45, 2.75) is 24.9 Å². The topological polar surface area (TPSA) is 56.3 Å². The number of fused-ring (bicyclic) bond motifs is 1. The molecule has 3 aromatic rings. The number of halogens is 1. The lowest BCUT2D eigenvalue weighted by molar-refractivity contribution is -0.0177. The van der Waals surface area contributed by atoms with E-state index >= 15 is 0 Å². The summed E-state index contributed by atoms with van der Waals surface area (Å²) in [5.74, 6) is 6.10. The summed E-state index contributed by atoms with van der Waals surface area (Å²) in [5, 5.41) is 10.8. The highest BCUT2D eigenvalue weighted by molar-refractivity contribution is 7.16. The maximum absolute atomic E-state index is 13.0. The number of nitrogens with one attached hydrogen (secondary N) is 1. The molecule has 0 spiro atoms. The number of thiazole rings is 1. The van der Waals surface area contributed by atoms with Gasteiger partial charge in [0, 0.05) is 25.1 Å². The van der Waals surface area contributed by atoms with Crippen molar-refractivity contribution in [1.29, 1.82) is 0 Å². The van der Waals surface area contributed by atoms with Gasteiger partial charge in [-0.3, -0.25) is 9.69 Å². The summed E-state index contributed by atoms with van der Waals surface area (Å²) in [7, 11) is 0. The van der Waals surface area contributed by atoms with Crippen LogP contribution in [0.4, 0.5) is 4.39 Å². The summed E-state index contributed by atoms with van der Waals surface area (Å²) in [6, 6.07) is 12.1. The summed E-state index contributed by atoms with van der Waals surface area (Å²) in [6.45, 7) is 2.21. The Kier molecular flexibility index (Phi) is 5.31. The summed E-state index contributed by atoms with van der Waals surface area (Å²) in [5.41, 5.74) is 1.96. The molecule has 28 heavy (non-hydrogen) atoms. The smallest absolute Gasteiger partial charge is 0.305 e. The summed E-state index contributed by atoms with van der Waals surface area (Å²) >= 11 is 1.19. The van der Waals surface area contributed by atoms with Crippen LogP contribution in [0.25, 0.3) is 10.2 Å². The number of H-pyrrole nitrogens is 1. The minimum Gasteiger partial charge on any atom is -0.389 e. The molecule has 0 radical (unpaired) electrons. The van der Waals surface area contributed by atoms with Gasteiger partial charge in [-0.25, -0.2) is 4.39 Å². The highest BCUT2D eigenvalue weighted by Gasteiger charge is 2.32. The molecule has 1 aromatic heterocycles. The zero-order chi connectivity index (χ0) is 19.6. The zero-order valence-electron chi connectivity index (χ0n) is 15.4. The van der Waals surface area contributed by atoms with Gasteiger partial charge < -0.3 is 10.1 Å². The van der Waals surface area contributed by atoms with Crippen molar-refractivity contribution in [3.8, 4) is 11.8 Å². The molecule has 0 amide bonds. The number of piperidine rings is 1. The van der Waals surface area contributed by atoms with Gasteiger partial charge >= 0.3 is 4.87 Å². The first-order valence-electron chi connectivity index (χ1n) is 9.30. The Hall–Kier alpha value is -2.46. The van der Waals surface area contributed by atoms with Crippen LogP contribution in [0.1, 0.15) is 24.0 Å². The highest BCUT2D eigenvalue weighted by Crippen LogP contribution is 2.26. The molecular formula is C22H21FN2O2S. The monoisotopic (exact) mass is 396 g/mol. The van der Waals surface area contributed by atoms with Crippen LogP contribution >= 0.6 is 11.3 Å². The van der Waals surface area contributed by atoms with Crippen molar-refractivity contribution in [1.82, 2.24) is 9.88 Å². The number of hydrogen-bond donors (Lipinski definition) is 2. The van der Waals surface area contributed by atoms with Crippen LogP contribution in [-0.2, 0) is 6.42 Å². The fourth-order valence-electron chi connectivity index (χ4n) is 3.56. The predicted molar refractivity (Wildman–Crippen MR) is 110 cm³/mol. The Labute approximate surface area is 166 Å². The van der Waals surface area contributed by atoms with Gasteiger partial charge in [0.1, 0.15) is 5.82 Å². The van der Waals surface area contributed by atoms with E-state index in [1.165, 1.54) is 23.5 Å².